The van der Waals surface area contributed by atoms with E-state index in [4.69, 9.17) is 4.42 Å². The van der Waals surface area contributed by atoms with Gasteiger partial charge in [0, 0.05) is 24.5 Å². The van der Waals surface area contributed by atoms with Gasteiger partial charge in [-0.15, -0.1) is 0 Å². The van der Waals surface area contributed by atoms with Crippen LogP contribution in [0.4, 0.5) is 5.82 Å². The molecule has 0 aliphatic carbocycles. The summed E-state index contributed by atoms with van der Waals surface area (Å²) in [6.45, 7) is 3.67. The Hall–Kier alpha value is -3.08. The molecule has 1 aromatic carbocycles. The number of nitrogens with zero attached hydrogens (tertiary/aromatic N) is 4. The molecule has 1 aliphatic heterocycles. The topological polar surface area (TPSA) is 46.6 Å². The van der Waals surface area contributed by atoms with Crippen molar-refractivity contribution < 1.29 is 4.42 Å². The van der Waals surface area contributed by atoms with E-state index in [1.54, 1.807) is 0 Å². The van der Waals surface area contributed by atoms with Crippen LogP contribution in [0.5, 0.6) is 0 Å². The number of fused-ring (bicyclic) bond motifs is 2. The Kier molecular flexibility index (Phi) is 3.13. The fourth-order valence-corrected chi connectivity index (χ4v) is 3.52. The summed E-state index contributed by atoms with van der Waals surface area (Å²) in [5.74, 6) is 2.94. The summed E-state index contributed by atoms with van der Waals surface area (Å²) >= 11 is 0. The Morgan fingerprint density at radius 3 is 2.88 bits per heavy atom. The smallest absolute Gasteiger partial charge is 0.155 e. The van der Waals surface area contributed by atoms with Gasteiger partial charge in [-0.05, 0) is 31.0 Å². The van der Waals surface area contributed by atoms with Gasteiger partial charge in [0.2, 0.25) is 0 Å². The van der Waals surface area contributed by atoms with Crippen molar-refractivity contribution in [2.45, 2.75) is 19.9 Å². The molecule has 0 fully saturated rings. The minimum Gasteiger partial charge on any atom is -0.459 e. The maximum atomic E-state index is 6.17. The molecule has 0 saturated carbocycles. The van der Waals surface area contributed by atoms with Gasteiger partial charge in [-0.3, -0.25) is 0 Å². The van der Waals surface area contributed by atoms with E-state index in [2.05, 4.69) is 39.2 Å². The van der Waals surface area contributed by atoms with Crippen LogP contribution >= 0.6 is 0 Å². The molecule has 0 spiro atoms. The molecule has 0 N–H and O–H groups in total. The summed E-state index contributed by atoms with van der Waals surface area (Å²) in [7, 11) is 0. The molecule has 4 aromatic rings. The Labute approximate surface area is 145 Å². The number of aromatic nitrogens is 3. The normalized spacial score (nSPS) is 14.0. The van der Waals surface area contributed by atoms with Crippen molar-refractivity contribution in [3.8, 4) is 11.3 Å². The minimum atomic E-state index is 0.735. The van der Waals surface area contributed by atoms with Crippen molar-refractivity contribution in [2.24, 2.45) is 0 Å². The fourth-order valence-electron chi connectivity index (χ4n) is 3.52. The molecular weight excluding hydrogens is 312 g/mol. The second kappa shape index (κ2) is 5.48. The van der Waals surface area contributed by atoms with Gasteiger partial charge in [0.15, 0.2) is 5.82 Å². The Morgan fingerprint density at radius 2 is 2.00 bits per heavy atom. The Balaban J connectivity index is 1.51. The van der Waals surface area contributed by atoms with E-state index in [1.807, 2.05) is 42.0 Å². The van der Waals surface area contributed by atoms with E-state index >= 15 is 0 Å². The highest BCUT2D eigenvalue weighted by Gasteiger charge is 2.23. The molecule has 0 amide bonds. The van der Waals surface area contributed by atoms with E-state index in [-0.39, 0.29) is 0 Å². The molecule has 5 heteroatoms. The maximum Gasteiger partial charge on any atom is 0.155 e. The molecule has 124 valence electrons. The molecular formula is C20H18N4O. The van der Waals surface area contributed by atoms with Gasteiger partial charge in [-0.2, -0.15) is 5.10 Å². The zero-order valence-corrected chi connectivity index (χ0v) is 14.0. The molecule has 3 aromatic heterocycles. The molecule has 4 heterocycles. The zero-order valence-electron chi connectivity index (χ0n) is 14.0. The van der Waals surface area contributed by atoms with E-state index in [1.165, 1.54) is 5.56 Å². The number of benzene rings is 1. The lowest BCUT2D eigenvalue weighted by Crippen LogP contribution is -2.30. The first-order valence-electron chi connectivity index (χ1n) is 8.51. The summed E-state index contributed by atoms with van der Waals surface area (Å²) in [5, 5.41) is 4.48. The Bertz CT molecular complexity index is 1050. The first-order valence-corrected chi connectivity index (χ1v) is 8.51. The lowest BCUT2D eigenvalue weighted by Gasteiger charge is -2.27. The fraction of sp³-hybridized carbons (Fsp3) is 0.200. The molecule has 5 nitrogen and oxygen atoms in total. The summed E-state index contributed by atoms with van der Waals surface area (Å²) in [6.07, 6.45) is 4.66. The van der Waals surface area contributed by atoms with E-state index in [0.29, 0.717) is 0 Å². The second-order valence-electron chi connectivity index (χ2n) is 6.46. The van der Waals surface area contributed by atoms with Crippen molar-refractivity contribution in [3.63, 3.8) is 0 Å². The van der Waals surface area contributed by atoms with Gasteiger partial charge in [0.1, 0.15) is 17.0 Å². The molecule has 0 atom stereocenters. The molecule has 0 saturated heterocycles. The standard InChI is InChI=1S/C20H18N4O/c1-14-11-17-20(21-8-10-24(17)22-14)23-9-7-16-12-18(25-19(16)13-23)15-5-3-2-4-6-15/h2-6,8,10-12H,7,9,13H2,1H3. The van der Waals surface area contributed by atoms with Gasteiger partial charge >= 0.3 is 0 Å². The van der Waals surface area contributed by atoms with Crippen molar-refractivity contribution in [1.29, 1.82) is 0 Å². The molecule has 25 heavy (non-hydrogen) atoms. The third-order valence-electron chi connectivity index (χ3n) is 4.73. The third kappa shape index (κ3) is 2.39. The quantitative estimate of drug-likeness (QED) is 0.560. The molecule has 1 aliphatic rings. The first kappa shape index (κ1) is 14.3. The van der Waals surface area contributed by atoms with Gasteiger partial charge < -0.3 is 9.32 Å². The lowest BCUT2D eigenvalue weighted by atomic mass is 10.1. The molecule has 0 bridgehead atoms. The number of aryl methyl sites for hydroxylation is 1. The van der Waals surface area contributed by atoms with Crippen LogP contribution in [0, 0.1) is 6.92 Å². The summed E-state index contributed by atoms with van der Waals surface area (Å²) in [4.78, 5) is 6.88. The predicted octanol–water partition coefficient (Wildman–Crippen LogP) is 3.86. The van der Waals surface area contributed by atoms with Crippen LogP contribution in [0.3, 0.4) is 0 Å². The van der Waals surface area contributed by atoms with Crippen molar-refractivity contribution in [3.05, 3.63) is 71.9 Å². The van der Waals surface area contributed by atoms with Crippen molar-refractivity contribution in [1.82, 2.24) is 14.6 Å². The first-order chi connectivity index (χ1) is 12.3. The average Bonchev–Trinajstić information content (AvgIpc) is 3.23. The average molecular weight is 330 g/mol. The van der Waals surface area contributed by atoms with Crippen molar-refractivity contribution in [2.75, 3.05) is 11.4 Å². The largest absolute Gasteiger partial charge is 0.459 e. The highest BCUT2D eigenvalue weighted by molar-refractivity contribution is 5.69. The minimum absolute atomic E-state index is 0.735. The Morgan fingerprint density at radius 1 is 1.12 bits per heavy atom. The van der Waals surface area contributed by atoms with Crippen LogP contribution in [0.2, 0.25) is 0 Å². The molecule has 0 unspecified atom stereocenters. The predicted molar refractivity (Wildman–Crippen MR) is 96.6 cm³/mol. The maximum absolute atomic E-state index is 6.17. The van der Waals surface area contributed by atoms with Gasteiger partial charge in [0.25, 0.3) is 0 Å². The van der Waals surface area contributed by atoms with Crippen LogP contribution in [-0.4, -0.2) is 21.1 Å². The summed E-state index contributed by atoms with van der Waals surface area (Å²) < 4.78 is 8.06. The summed E-state index contributed by atoms with van der Waals surface area (Å²) in [6, 6.07) is 14.5. The summed E-state index contributed by atoms with van der Waals surface area (Å²) in [5.41, 5.74) is 4.46. The lowest BCUT2D eigenvalue weighted by molar-refractivity contribution is 0.495. The zero-order chi connectivity index (χ0) is 16.8. The number of rotatable bonds is 2. The van der Waals surface area contributed by atoms with E-state index in [0.717, 1.165) is 53.6 Å². The van der Waals surface area contributed by atoms with Crippen LogP contribution < -0.4 is 4.90 Å². The second-order valence-corrected chi connectivity index (χ2v) is 6.46. The van der Waals surface area contributed by atoms with Crippen LogP contribution in [-0.2, 0) is 13.0 Å². The highest BCUT2D eigenvalue weighted by atomic mass is 16.3. The number of furan rings is 1. The number of hydrogen-bond acceptors (Lipinski definition) is 4. The number of anilines is 1. The van der Waals surface area contributed by atoms with Gasteiger partial charge in [0.05, 0.1) is 12.2 Å². The van der Waals surface area contributed by atoms with Crippen LogP contribution in [0.25, 0.3) is 16.8 Å². The molecule has 0 radical (unpaired) electrons. The van der Waals surface area contributed by atoms with Gasteiger partial charge in [-0.25, -0.2) is 9.50 Å². The van der Waals surface area contributed by atoms with Crippen LogP contribution in [0.15, 0.2) is 59.3 Å². The van der Waals surface area contributed by atoms with Gasteiger partial charge in [-0.1, -0.05) is 30.3 Å². The molecule has 5 rings (SSSR count). The van der Waals surface area contributed by atoms with E-state index < -0.39 is 0 Å². The third-order valence-corrected chi connectivity index (χ3v) is 4.73. The highest BCUT2D eigenvalue weighted by Crippen LogP contribution is 2.32. The SMILES string of the molecule is Cc1cc2c(N3CCc4cc(-c5ccccc5)oc4C3)nccn2n1. The van der Waals surface area contributed by atoms with Crippen LogP contribution in [0.1, 0.15) is 17.0 Å². The van der Waals surface area contributed by atoms with Crippen molar-refractivity contribution >= 4 is 11.3 Å². The van der Waals surface area contributed by atoms with E-state index in [9.17, 15) is 0 Å². The monoisotopic (exact) mass is 330 g/mol. The number of hydrogen-bond donors (Lipinski definition) is 0.